The molecule has 2 heteroatoms. The second-order valence-electron chi connectivity index (χ2n) is 6.73. The van der Waals surface area contributed by atoms with Crippen molar-refractivity contribution in [3.8, 4) is 0 Å². The first-order valence-electron chi connectivity index (χ1n) is 9.77. The maximum Gasteiger partial charge on any atom is 0.0163 e. The molecule has 0 aliphatic heterocycles. The van der Waals surface area contributed by atoms with E-state index in [1.165, 1.54) is 96.3 Å². The molecular weight excluding hydrogens is 256 g/mol. The Morgan fingerprint density at radius 2 is 0.905 bits per heavy atom. The molecule has 0 amide bonds. The Labute approximate surface area is 134 Å². The second-order valence-corrected chi connectivity index (χ2v) is 6.73. The molecule has 0 aromatic carbocycles. The molecule has 0 saturated carbocycles. The highest BCUT2D eigenvalue weighted by atomic mass is 14.7. The Morgan fingerprint density at radius 3 is 1.24 bits per heavy atom. The van der Waals surface area contributed by atoms with Gasteiger partial charge in [-0.25, -0.2) is 0 Å². The molecule has 0 spiro atoms. The van der Waals surface area contributed by atoms with Gasteiger partial charge in [-0.3, -0.25) is 0 Å². The predicted octanol–water partition coefficient (Wildman–Crippen LogP) is 5.53. The predicted molar refractivity (Wildman–Crippen MR) is 96.6 cm³/mol. The SMILES string of the molecule is CCCCCCCCCCCCCCCCCC(N)CN. The average Bonchev–Trinajstić information content (AvgIpc) is 2.50. The molecule has 0 bridgehead atoms. The maximum absolute atomic E-state index is 5.80. The number of hydrogen-bond acceptors (Lipinski definition) is 2. The summed E-state index contributed by atoms with van der Waals surface area (Å²) < 4.78 is 0. The zero-order valence-electron chi connectivity index (χ0n) is 14.8. The number of unbranched alkanes of at least 4 members (excludes halogenated alkanes) is 14. The van der Waals surface area contributed by atoms with Crippen molar-refractivity contribution >= 4 is 0 Å². The minimum absolute atomic E-state index is 0.229. The average molecular weight is 299 g/mol. The molecule has 2 nitrogen and oxygen atoms in total. The summed E-state index contributed by atoms with van der Waals surface area (Å²) in [5, 5.41) is 0. The Hall–Kier alpha value is -0.0800. The topological polar surface area (TPSA) is 52.0 Å². The number of nitrogens with two attached hydrogens (primary N) is 2. The Kier molecular flexibility index (Phi) is 17.9. The molecule has 1 unspecified atom stereocenters. The molecule has 4 N–H and O–H groups in total. The van der Waals surface area contributed by atoms with Crippen molar-refractivity contribution in [1.29, 1.82) is 0 Å². The van der Waals surface area contributed by atoms with Crippen LogP contribution in [0.1, 0.15) is 110 Å². The fourth-order valence-corrected chi connectivity index (χ4v) is 2.90. The molecule has 21 heavy (non-hydrogen) atoms. The fourth-order valence-electron chi connectivity index (χ4n) is 2.90. The molecular formula is C19H42N2. The van der Waals surface area contributed by atoms with Gasteiger partial charge in [0.05, 0.1) is 0 Å². The molecule has 0 rings (SSSR count). The summed E-state index contributed by atoms with van der Waals surface area (Å²) in [5.74, 6) is 0. The Balaban J connectivity index is 2.96. The van der Waals surface area contributed by atoms with E-state index in [1.807, 2.05) is 0 Å². The van der Waals surface area contributed by atoms with Crippen LogP contribution in [0.4, 0.5) is 0 Å². The lowest BCUT2D eigenvalue weighted by atomic mass is 10.0. The lowest BCUT2D eigenvalue weighted by Gasteiger charge is -2.07. The van der Waals surface area contributed by atoms with Crippen molar-refractivity contribution in [2.75, 3.05) is 6.54 Å². The monoisotopic (exact) mass is 298 g/mol. The summed E-state index contributed by atoms with van der Waals surface area (Å²) in [6, 6.07) is 0.229. The third-order valence-electron chi connectivity index (χ3n) is 4.48. The van der Waals surface area contributed by atoms with Crippen molar-refractivity contribution < 1.29 is 0 Å². The molecule has 0 aromatic rings. The maximum atomic E-state index is 5.80. The quantitative estimate of drug-likeness (QED) is 0.347. The van der Waals surface area contributed by atoms with Gasteiger partial charge in [-0.2, -0.15) is 0 Å². The fraction of sp³-hybridized carbons (Fsp3) is 1.00. The molecule has 0 aliphatic carbocycles. The van der Waals surface area contributed by atoms with E-state index in [2.05, 4.69) is 6.92 Å². The van der Waals surface area contributed by atoms with Crippen LogP contribution in [0.5, 0.6) is 0 Å². The summed E-state index contributed by atoms with van der Waals surface area (Å²) in [6.07, 6.45) is 22.4. The zero-order chi connectivity index (χ0) is 15.6. The van der Waals surface area contributed by atoms with Gasteiger partial charge in [0, 0.05) is 12.6 Å². The molecule has 128 valence electrons. The van der Waals surface area contributed by atoms with Gasteiger partial charge in [0.1, 0.15) is 0 Å². The Bertz CT molecular complexity index is 182. The highest BCUT2D eigenvalue weighted by molar-refractivity contribution is 4.61. The van der Waals surface area contributed by atoms with Crippen LogP contribution < -0.4 is 11.5 Å². The number of hydrogen-bond donors (Lipinski definition) is 2. The molecule has 0 radical (unpaired) electrons. The third-order valence-corrected chi connectivity index (χ3v) is 4.48. The summed E-state index contributed by atoms with van der Waals surface area (Å²) in [4.78, 5) is 0. The normalized spacial score (nSPS) is 12.7. The highest BCUT2D eigenvalue weighted by Gasteiger charge is 1.98. The van der Waals surface area contributed by atoms with Crippen LogP contribution in [0.25, 0.3) is 0 Å². The molecule has 0 aliphatic rings. The van der Waals surface area contributed by atoms with Crippen LogP contribution >= 0.6 is 0 Å². The zero-order valence-corrected chi connectivity index (χ0v) is 14.8. The minimum Gasteiger partial charge on any atom is -0.329 e. The lowest BCUT2D eigenvalue weighted by molar-refractivity contribution is 0.516. The highest BCUT2D eigenvalue weighted by Crippen LogP contribution is 2.13. The van der Waals surface area contributed by atoms with Crippen molar-refractivity contribution in [2.24, 2.45) is 11.5 Å². The van der Waals surface area contributed by atoms with Gasteiger partial charge in [-0.1, -0.05) is 103 Å². The standard InChI is InChI=1S/C19H42N2/c1-2-3-4-5-6-7-8-9-10-11-12-13-14-15-16-17-19(21)18-20/h19H,2-18,20-21H2,1H3. The summed E-state index contributed by atoms with van der Waals surface area (Å²) in [5.41, 5.74) is 11.3. The molecule has 0 aromatic heterocycles. The summed E-state index contributed by atoms with van der Waals surface area (Å²) in [7, 11) is 0. The van der Waals surface area contributed by atoms with E-state index >= 15 is 0 Å². The summed E-state index contributed by atoms with van der Waals surface area (Å²) >= 11 is 0. The first-order valence-corrected chi connectivity index (χ1v) is 9.77. The molecule has 0 saturated heterocycles. The van der Waals surface area contributed by atoms with Crippen molar-refractivity contribution in [3.05, 3.63) is 0 Å². The van der Waals surface area contributed by atoms with Crippen LogP contribution in [-0.4, -0.2) is 12.6 Å². The van der Waals surface area contributed by atoms with Gasteiger partial charge in [0.15, 0.2) is 0 Å². The van der Waals surface area contributed by atoms with Gasteiger partial charge in [-0.05, 0) is 6.42 Å². The van der Waals surface area contributed by atoms with Gasteiger partial charge in [0.25, 0.3) is 0 Å². The first-order chi connectivity index (χ1) is 10.3. The van der Waals surface area contributed by atoms with E-state index in [-0.39, 0.29) is 6.04 Å². The van der Waals surface area contributed by atoms with Crippen LogP contribution in [0, 0.1) is 0 Å². The van der Waals surface area contributed by atoms with Crippen molar-refractivity contribution in [2.45, 2.75) is 116 Å². The second kappa shape index (κ2) is 18.0. The molecule has 0 heterocycles. The largest absolute Gasteiger partial charge is 0.329 e. The van der Waals surface area contributed by atoms with Crippen molar-refractivity contribution in [3.63, 3.8) is 0 Å². The summed E-state index contributed by atoms with van der Waals surface area (Å²) in [6.45, 7) is 2.92. The van der Waals surface area contributed by atoms with E-state index in [1.54, 1.807) is 0 Å². The van der Waals surface area contributed by atoms with E-state index in [0.29, 0.717) is 6.54 Å². The lowest BCUT2D eigenvalue weighted by Crippen LogP contribution is -2.29. The third kappa shape index (κ3) is 17.9. The van der Waals surface area contributed by atoms with Gasteiger partial charge in [-0.15, -0.1) is 0 Å². The van der Waals surface area contributed by atoms with E-state index in [9.17, 15) is 0 Å². The van der Waals surface area contributed by atoms with E-state index < -0.39 is 0 Å². The van der Waals surface area contributed by atoms with Gasteiger partial charge < -0.3 is 11.5 Å². The number of rotatable bonds is 17. The molecule has 0 fully saturated rings. The first kappa shape index (κ1) is 20.9. The Morgan fingerprint density at radius 1 is 0.571 bits per heavy atom. The van der Waals surface area contributed by atoms with Crippen LogP contribution in [0.3, 0.4) is 0 Å². The van der Waals surface area contributed by atoms with Crippen molar-refractivity contribution in [1.82, 2.24) is 0 Å². The van der Waals surface area contributed by atoms with E-state index in [4.69, 9.17) is 11.5 Å². The van der Waals surface area contributed by atoms with Gasteiger partial charge in [0.2, 0.25) is 0 Å². The van der Waals surface area contributed by atoms with Gasteiger partial charge >= 0.3 is 0 Å². The molecule has 1 atom stereocenters. The van der Waals surface area contributed by atoms with Crippen LogP contribution in [-0.2, 0) is 0 Å². The van der Waals surface area contributed by atoms with Crippen LogP contribution in [0.2, 0.25) is 0 Å². The van der Waals surface area contributed by atoms with E-state index in [0.717, 1.165) is 6.42 Å². The smallest absolute Gasteiger partial charge is 0.0163 e. The van der Waals surface area contributed by atoms with Crippen LogP contribution in [0.15, 0.2) is 0 Å². The minimum atomic E-state index is 0.229.